The molecule has 1 heterocycles. The number of halogens is 2. The molecule has 0 spiro atoms. The summed E-state index contributed by atoms with van der Waals surface area (Å²) < 4.78 is 13.5. The zero-order valence-corrected chi connectivity index (χ0v) is 9.80. The fourth-order valence-electron chi connectivity index (χ4n) is 2.54. The Bertz CT molecular complexity index is 470. The summed E-state index contributed by atoms with van der Waals surface area (Å²) in [5.41, 5.74) is 0.0623. The average molecular weight is 255 g/mol. The minimum Gasteiger partial charge on any atom is -0.349 e. The van der Waals surface area contributed by atoms with E-state index >= 15 is 0 Å². The molecule has 17 heavy (non-hydrogen) atoms. The van der Waals surface area contributed by atoms with Crippen LogP contribution in [0.3, 0.4) is 0 Å². The van der Waals surface area contributed by atoms with Gasteiger partial charge in [0.25, 0.3) is 5.91 Å². The summed E-state index contributed by atoms with van der Waals surface area (Å²) in [4.78, 5) is 11.8. The predicted octanol–water partition coefficient (Wildman–Crippen LogP) is 1.43. The van der Waals surface area contributed by atoms with E-state index in [1.807, 2.05) is 0 Å². The summed E-state index contributed by atoms with van der Waals surface area (Å²) in [7, 11) is 0. The zero-order chi connectivity index (χ0) is 12.0. The molecule has 1 saturated heterocycles. The molecule has 2 fully saturated rings. The first kappa shape index (κ1) is 11.0. The van der Waals surface area contributed by atoms with Crippen molar-refractivity contribution in [1.82, 2.24) is 10.6 Å². The molecule has 5 heteroatoms. The molecule has 3 nitrogen and oxygen atoms in total. The Labute approximate surface area is 103 Å². The molecular weight excluding hydrogens is 243 g/mol. The van der Waals surface area contributed by atoms with Crippen molar-refractivity contribution in [2.45, 2.75) is 6.04 Å². The Kier molecular flexibility index (Phi) is 2.56. The van der Waals surface area contributed by atoms with E-state index in [1.165, 1.54) is 12.1 Å². The van der Waals surface area contributed by atoms with Crippen LogP contribution in [0, 0.1) is 17.7 Å². The lowest BCUT2D eigenvalue weighted by molar-refractivity contribution is 0.0942. The van der Waals surface area contributed by atoms with Gasteiger partial charge in [-0.15, -0.1) is 0 Å². The molecule has 2 N–H and O–H groups in total. The van der Waals surface area contributed by atoms with Gasteiger partial charge < -0.3 is 10.6 Å². The molecule has 1 aromatic carbocycles. The molecule has 0 radical (unpaired) electrons. The van der Waals surface area contributed by atoms with Gasteiger partial charge >= 0.3 is 0 Å². The quantitative estimate of drug-likeness (QED) is 0.838. The van der Waals surface area contributed by atoms with Gasteiger partial charge in [0.05, 0.1) is 5.56 Å². The van der Waals surface area contributed by atoms with E-state index in [0.717, 1.165) is 19.2 Å². The van der Waals surface area contributed by atoms with Crippen molar-refractivity contribution in [3.8, 4) is 0 Å². The maximum absolute atomic E-state index is 13.5. The molecule has 2 atom stereocenters. The van der Waals surface area contributed by atoms with Gasteiger partial charge in [-0.05, 0) is 30.0 Å². The summed E-state index contributed by atoms with van der Waals surface area (Å²) >= 11 is 5.64. The second-order valence-corrected chi connectivity index (χ2v) is 5.05. The van der Waals surface area contributed by atoms with Gasteiger partial charge in [-0.1, -0.05) is 11.6 Å². The molecule has 1 aliphatic carbocycles. The molecule has 2 unspecified atom stereocenters. The van der Waals surface area contributed by atoms with Crippen LogP contribution < -0.4 is 10.6 Å². The number of rotatable bonds is 2. The SMILES string of the molecule is O=C(NC1C2CNCC21)c1ccc(Cl)cc1F. The molecular formula is C12H12ClFN2O. The van der Waals surface area contributed by atoms with Crippen molar-refractivity contribution < 1.29 is 9.18 Å². The summed E-state index contributed by atoms with van der Waals surface area (Å²) in [5.74, 6) is 0.126. The van der Waals surface area contributed by atoms with Crippen molar-refractivity contribution in [2.24, 2.45) is 11.8 Å². The van der Waals surface area contributed by atoms with Crippen LogP contribution in [0.2, 0.25) is 5.02 Å². The second kappa shape index (κ2) is 3.96. The van der Waals surface area contributed by atoms with Crippen LogP contribution in [0.4, 0.5) is 4.39 Å². The molecule has 1 amide bonds. The minimum absolute atomic E-state index is 0.0623. The van der Waals surface area contributed by atoms with Gasteiger partial charge in [-0.25, -0.2) is 4.39 Å². The Morgan fingerprint density at radius 1 is 1.41 bits per heavy atom. The maximum atomic E-state index is 13.5. The van der Waals surface area contributed by atoms with Crippen LogP contribution in [0.25, 0.3) is 0 Å². The number of carbonyl (C=O) groups excluding carboxylic acids is 1. The van der Waals surface area contributed by atoms with Crippen molar-refractivity contribution >= 4 is 17.5 Å². The lowest BCUT2D eigenvalue weighted by atomic mass is 10.2. The van der Waals surface area contributed by atoms with E-state index in [1.54, 1.807) is 0 Å². The first-order chi connectivity index (χ1) is 8.16. The highest BCUT2D eigenvalue weighted by atomic mass is 35.5. The van der Waals surface area contributed by atoms with E-state index < -0.39 is 5.82 Å². The number of benzene rings is 1. The van der Waals surface area contributed by atoms with E-state index in [9.17, 15) is 9.18 Å². The third-order valence-electron chi connectivity index (χ3n) is 3.57. The van der Waals surface area contributed by atoms with E-state index in [4.69, 9.17) is 11.6 Å². The van der Waals surface area contributed by atoms with Crippen LogP contribution in [-0.2, 0) is 0 Å². The number of fused-ring (bicyclic) bond motifs is 1. The van der Waals surface area contributed by atoms with Gasteiger partial charge in [0.2, 0.25) is 0 Å². The van der Waals surface area contributed by atoms with Gasteiger partial charge in [0.1, 0.15) is 5.82 Å². The molecule has 1 saturated carbocycles. The summed E-state index contributed by atoms with van der Waals surface area (Å²) in [6, 6.07) is 4.31. The van der Waals surface area contributed by atoms with Crippen LogP contribution in [-0.4, -0.2) is 25.0 Å². The molecule has 1 aromatic rings. The first-order valence-corrected chi connectivity index (χ1v) is 6.01. The first-order valence-electron chi connectivity index (χ1n) is 5.63. The molecule has 90 valence electrons. The standard InChI is InChI=1S/C12H12ClFN2O/c13-6-1-2-7(10(14)3-6)12(17)16-11-8-4-15-5-9(8)11/h1-3,8-9,11,15H,4-5H2,(H,16,17). The van der Waals surface area contributed by atoms with Crippen LogP contribution in [0.1, 0.15) is 10.4 Å². The fraction of sp³-hybridized carbons (Fsp3) is 0.417. The summed E-state index contributed by atoms with van der Waals surface area (Å²) in [6.45, 7) is 1.89. The molecule has 0 bridgehead atoms. The number of nitrogens with one attached hydrogen (secondary N) is 2. The zero-order valence-electron chi connectivity index (χ0n) is 9.04. The van der Waals surface area contributed by atoms with Crippen molar-refractivity contribution in [3.63, 3.8) is 0 Å². The lowest BCUT2D eigenvalue weighted by Gasteiger charge is -2.08. The highest BCUT2D eigenvalue weighted by Crippen LogP contribution is 2.41. The van der Waals surface area contributed by atoms with E-state index in [2.05, 4.69) is 10.6 Å². The topological polar surface area (TPSA) is 41.1 Å². The van der Waals surface area contributed by atoms with Gasteiger partial charge in [0.15, 0.2) is 0 Å². The Morgan fingerprint density at radius 3 is 2.76 bits per heavy atom. The Morgan fingerprint density at radius 2 is 2.12 bits per heavy atom. The van der Waals surface area contributed by atoms with Crippen molar-refractivity contribution in [3.05, 3.63) is 34.6 Å². The normalized spacial score (nSPS) is 29.9. The van der Waals surface area contributed by atoms with E-state index in [-0.39, 0.29) is 17.5 Å². The van der Waals surface area contributed by atoms with E-state index in [0.29, 0.717) is 16.9 Å². The summed E-state index contributed by atoms with van der Waals surface area (Å²) in [6.07, 6.45) is 0. The second-order valence-electron chi connectivity index (χ2n) is 4.61. The van der Waals surface area contributed by atoms with Crippen LogP contribution >= 0.6 is 11.6 Å². The molecule has 0 aromatic heterocycles. The number of hydrogen-bond donors (Lipinski definition) is 2. The molecule has 3 rings (SSSR count). The van der Waals surface area contributed by atoms with Crippen LogP contribution in [0.15, 0.2) is 18.2 Å². The van der Waals surface area contributed by atoms with Crippen molar-refractivity contribution in [2.75, 3.05) is 13.1 Å². The third kappa shape index (κ3) is 1.91. The Balaban J connectivity index is 1.70. The number of amides is 1. The van der Waals surface area contributed by atoms with Gasteiger partial charge in [0, 0.05) is 24.2 Å². The number of piperidine rings is 1. The Hall–Kier alpha value is -1.13. The maximum Gasteiger partial charge on any atom is 0.254 e. The van der Waals surface area contributed by atoms with Crippen LogP contribution in [0.5, 0.6) is 0 Å². The largest absolute Gasteiger partial charge is 0.349 e. The van der Waals surface area contributed by atoms with Crippen molar-refractivity contribution in [1.29, 1.82) is 0 Å². The monoisotopic (exact) mass is 254 g/mol. The number of hydrogen-bond acceptors (Lipinski definition) is 2. The van der Waals surface area contributed by atoms with Gasteiger partial charge in [-0.2, -0.15) is 0 Å². The van der Waals surface area contributed by atoms with Gasteiger partial charge in [-0.3, -0.25) is 4.79 Å². The smallest absolute Gasteiger partial charge is 0.254 e. The minimum atomic E-state index is -0.570. The molecule has 1 aliphatic heterocycles. The average Bonchev–Trinajstić information content (AvgIpc) is 2.74. The summed E-state index contributed by atoms with van der Waals surface area (Å²) in [5, 5.41) is 6.41. The highest BCUT2D eigenvalue weighted by molar-refractivity contribution is 6.30. The fourth-order valence-corrected chi connectivity index (χ4v) is 2.69. The third-order valence-corrected chi connectivity index (χ3v) is 3.80. The highest BCUT2D eigenvalue weighted by Gasteiger charge is 2.53. The number of carbonyl (C=O) groups is 1. The predicted molar refractivity (Wildman–Crippen MR) is 62.5 cm³/mol. The molecule has 2 aliphatic rings. The lowest BCUT2D eigenvalue weighted by Crippen LogP contribution is -2.32.